The molecule has 112 valence electrons. The van der Waals surface area contributed by atoms with Crippen molar-refractivity contribution in [2.24, 2.45) is 0 Å². The number of aliphatic carboxylic acids is 1. The van der Waals surface area contributed by atoms with Gasteiger partial charge in [0.1, 0.15) is 12.4 Å². The summed E-state index contributed by atoms with van der Waals surface area (Å²) in [5.74, 6) is -0.472. The standard InChI is InChI=1S/C17H16O4.Mg.2H/c1-20-16(17(18)19)11-13-7-9-15(10-8-13)21-12-14-5-3-2-4-6-14;;;/h2-11H,12H2,1H3,(H,18,19);;;/q;+2;2*-1. The zero-order valence-electron chi connectivity index (χ0n) is 14.4. The summed E-state index contributed by atoms with van der Waals surface area (Å²) in [5, 5.41) is 8.88. The van der Waals surface area contributed by atoms with Crippen LogP contribution in [-0.4, -0.2) is 41.2 Å². The second-order valence-electron chi connectivity index (χ2n) is 4.36. The molecule has 0 aromatic heterocycles. The molecule has 0 atom stereocenters. The van der Waals surface area contributed by atoms with Crippen LogP contribution in [0.15, 0.2) is 60.4 Å². The number of benzene rings is 2. The van der Waals surface area contributed by atoms with Crippen molar-refractivity contribution in [2.75, 3.05) is 7.11 Å². The maximum atomic E-state index is 10.8. The van der Waals surface area contributed by atoms with E-state index in [0.717, 1.165) is 16.9 Å². The van der Waals surface area contributed by atoms with Gasteiger partial charge in [0.25, 0.3) is 0 Å². The van der Waals surface area contributed by atoms with Gasteiger partial charge in [0.15, 0.2) is 0 Å². The predicted octanol–water partition coefficient (Wildman–Crippen LogP) is 3.18. The molecule has 2 aromatic carbocycles. The van der Waals surface area contributed by atoms with Crippen LogP contribution in [0.1, 0.15) is 14.0 Å². The van der Waals surface area contributed by atoms with E-state index in [1.165, 1.54) is 13.2 Å². The van der Waals surface area contributed by atoms with E-state index in [9.17, 15) is 4.79 Å². The van der Waals surface area contributed by atoms with Gasteiger partial charge in [-0.05, 0) is 29.3 Å². The molecule has 2 aromatic rings. The molecule has 0 aliphatic heterocycles. The first-order valence-electron chi connectivity index (χ1n) is 6.45. The van der Waals surface area contributed by atoms with E-state index in [-0.39, 0.29) is 31.7 Å². The summed E-state index contributed by atoms with van der Waals surface area (Å²) in [6, 6.07) is 17.0. The molecule has 0 amide bonds. The Morgan fingerprint density at radius 1 is 1.14 bits per heavy atom. The Labute approximate surface area is 148 Å². The van der Waals surface area contributed by atoms with E-state index in [1.54, 1.807) is 24.3 Å². The average Bonchev–Trinajstić information content (AvgIpc) is 2.52. The Balaban J connectivity index is 0. The Morgan fingerprint density at radius 3 is 2.32 bits per heavy atom. The SMILES string of the molecule is COC(=Cc1ccc(OCc2ccccc2)cc1)C(=O)O.[H-].[H-].[Mg+2]. The van der Waals surface area contributed by atoms with Gasteiger partial charge in [-0.25, -0.2) is 4.79 Å². The minimum absolute atomic E-state index is 0. The summed E-state index contributed by atoms with van der Waals surface area (Å²) in [6.45, 7) is 0.495. The molecule has 0 saturated carbocycles. The van der Waals surface area contributed by atoms with E-state index in [1.807, 2.05) is 30.3 Å². The molecule has 0 aliphatic rings. The van der Waals surface area contributed by atoms with Gasteiger partial charge in [-0.15, -0.1) is 0 Å². The minimum Gasteiger partial charge on any atom is -1.00 e. The van der Waals surface area contributed by atoms with E-state index in [4.69, 9.17) is 14.6 Å². The summed E-state index contributed by atoms with van der Waals surface area (Å²) in [5.41, 5.74) is 1.83. The quantitative estimate of drug-likeness (QED) is 0.506. The van der Waals surface area contributed by atoms with Crippen LogP contribution in [0.25, 0.3) is 6.08 Å². The molecule has 4 nitrogen and oxygen atoms in total. The molecule has 22 heavy (non-hydrogen) atoms. The van der Waals surface area contributed by atoms with Crippen molar-refractivity contribution < 1.29 is 22.2 Å². The van der Waals surface area contributed by atoms with Gasteiger partial charge in [0, 0.05) is 0 Å². The molecular weight excluding hydrogens is 292 g/mol. The molecule has 0 saturated heterocycles. The zero-order valence-corrected chi connectivity index (χ0v) is 13.8. The molecule has 1 N–H and O–H groups in total. The number of carbonyl (C=O) groups is 1. The van der Waals surface area contributed by atoms with Crippen molar-refractivity contribution in [3.05, 3.63) is 71.5 Å². The number of methoxy groups -OCH3 is 1. The van der Waals surface area contributed by atoms with Gasteiger partial charge in [0.2, 0.25) is 5.76 Å². The number of hydrogen-bond donors (Lipinski definition) is 1. The second-order valence-corrected chi connectivity index (χ2v) is 4.36. The molecule has 0 bridgehead atoms. The molecule has 2 rings (SSSR count). The average molecular weight is 311 g/mol. The molecule has 0 spiro atoms. The van der Waals surface area contributed by atoms with E-state index >= 15 is 0 Å². The summed E-state index contributed by atoms with van der Waals surface area (Å²) in [6.07, 6.45) is 1.46. The maximum Gasteiger partial charge on any atom is 2.00 e. The van der Waals surface area contributed by atoms with Crippen molar-refractivity contribution in [1.82, 2.24) is 0 Å². The van der Waals surface area contributed by atoms with Crippen LogP contribution in [0.5, 0.6) is 5.75 Å². The van der Waals surface area contributed by atoms with E-state index < -0.39 is 5.97 Å². The first-order chi connectivity index (χ1) is 10.2. The van der Waals surface area contributed by atoms with Gasteiger partial charge in [0.05, 0.1) is 7.11 Å². The van der Waals surface area contributed by atoms with Gasteiger partial charge in [-0.2, -0.15) is 0 Å². The second kappa shape index (κ2) is 9.12. The van der Waals surface area contributed by atoms with Crippen LogP contribution in [0.3, 0.4) is 0 Å². The smallest absolute Gasteiger partial charge is 1.00 e. The predicted molar refractivity (Wildman–Crippen MR) is 87.8 cm³/mol. The fourth-order valence-corrected chi connectivity index (χ4v) is 1.76. The van der Waals surface area contributed by atoms with Crippen LogP contribution >= 0.6 is 0 Å². The van der Waals surface area contributed by atoms with Crippen molar-refractivity contribution in [1.29, 1.82) is 0 Å². The number of ether oxygens (including phenoxy) is 2. The number of hydrogen-bond acceptors (Lipinski definition) is 3. The van der Waals surface area contributed by atoms with Crippen molar-refractivity contribution >= 4 is 35.1 Å². The molecule has 0 heterocycles. The van der Waals surface area contributed by atoms with Crippen LogP contribution in [-0.2, 0) is 16.1 Å². The topological polar surface area (TPSA) is 55.8 Å². The van der Waals surface area contributed by atoms with Crippen LogP contribution in [0.2, 0.25) is 0 Å². The first-order valence-corrected chi connectivity index (χ1v) is 6.45. The summed E-state index contributed by atoms with van der Waals surface area (Å²) in [7, 11) is 1.33. The Hall–Kier alpha value is -1.98. The maximum absolute atomic E-state index is 10.8. The monoisotopic (exact) mass is 310 g/mol. The third-order valence-corrected chi connectivity index (χ3v) is 2.86. The van der Waals surface area contributed by atoms with Crippen LogP contribution < -0.4 is 4.74 Å². The number of carboxylic acid groups (broad SMARTS) is 1. The third-order valence-electron chi connectivity index (χ3n) is 2.86. The molecule has 0 radical (unpaired) electrons. The molecule has 0 fully saturated rings. The van der Waals surface area contributed by atoms with Gasteiger partial charge in [-0.1, -0.05) is 42.5 Å². The van der Waals surface area contributed by atoms with Crippen molar-refractivity contribution in [3.63, 3.8) is 0 Å². The Bertz CT molecular complexity index is 631. The zero-order chi connectivity index (χ0) is 15.1. The van der Waals surface area contributed by atoms with Crippen LogP contribution in [0.4, 0.5) is 0 Å². The number of rotatable bonds is 6. The summed E-state index contributed by atoms with van der Waals surface area (Å²) in [4.78, 5) is 10.8. The fourth-order valence-electron chi connectivity index (χ4n) is 1.76. The molecule has 0 aliphatic carbocycles. The Kier molecular flexibility index (Phi) is 7.49. The molecule has 0 unspecified atom stereocenters. The number of carboxylic acids is 1. The largest absolute Gasteiger partial charge is 2.00 e. The van der Waals surface area contributed by atoms with Crippen molar-refractivity contribution in [3.8, 4) is 5.75 Å². The van der Waals surface area contributed by atoms with Gasteiger partial charge < -0.3 is 17.4 Å². The minimum atomic E-state index is -1.10. The first kappa shape index (κ1) is 18.1. The summed E-state index contributed by atoms with van der Waals surface area (Å²) >= 11 is 0. The molecule has 5 heteroatoms. The Morgan fingerprint density at radius 2 is 1.77 bits per heavy atom. The third kappa shape index (κ3) is 5.42. The molecular formula is C17H18MgO4. The van der Waals surface area contributed by atoms with Gasteiger partial charge >= 0.3 is 29.0 Å². The normalized spacial score (nSPS) is 10.5. The summed E-state index contributed by atoms with van der Waals surface area (Å²) < 4.78 is 10.4. The fraction of sp³-hybridized carbons (Fsp3) is 0.118. The van der Waals surface area contributed by atoms with Gasteiger partial charge in [-0.3, -0.25) is 0 Å². The van der Waals surface area contributed by atoms with E-state index in [0.29, 0.717) is 6.61 Å². The van der Waals surface area contributed by atoms with Crippen LogP contribution in [0, 0.1) is 0 Å². The van der Waals surface area contributed by atoms with Crippen molar-refractivity contribution in [2.45, 2.75) is 6.61 Å². The van der Waals surface area contributed by atoms with E-state index in [2.05, 4.69) is 0 Å².